The Morgan fingerprint density at radius 1 is 1.39 bits per heavy atom. The predicted octanol–water partition coefficient (Wildman–Crippen LogP) is 2.20. The zero-order valence-corrected chi connectivity index (χ0v) is 10.6. The summed E-state index contributed by atoms with van der Waals surface area (Å²) in [7, 11) is 0. The zero-order chi connectivity index (χ0) is 13.0. The normalized spacial score (nSPS) is 12.4. The monoisotopic (exact) mass is 247 g/mol. The molecule has 1 atom stereocenters. The number of aromatic nitrogens is 2. The maximum Gasteiger partial charge on any atom is 0.261 e. The fourth-order valence-electron chi connectivity index (χ4n) is 1.57. The molecule has 96 valence electrons. The van der Waals surface area contributed by atoms with Gasteiger partial charge in [0.2, 0.25) is 0 Å². The molecule has 0 amide bonds. The minimum Gasteiger partial charge on any atom is -0.493 e. The van der Waals surface area contributed by atoms with Crippen molar-refractivity contribution in [1.82, 2.24) is 10.1 Å². The van der Waals surface area contributed by atoms with E-state index < -0.39 is 0 Å². The predicted molar refractivity (Wildman–Crippen MR) is 68.4 cm³/mol. The van der Waals surface area contributed by atoms with Crippen LogP contribution in [0.2, 0.25) is 0 Å². The van der Waals surface area contributed by atoms with E-state index in [0.717, 1.165) is 11.3 Å². The summed E-state index contributed by atoms with van der Waals surface area (Å²) in [4.78, 5) is 4.36. The first-order valence-electron chi connectivity index (χ1n) is 6.02. The highest BCUT2D eigenvalue weighted by molar-refractivity contribution is 5.62. The highest BCUT2D eigenvalue weighted by Gasteiger charge is 2.16. The smallest absolute Gasteiger partial charge is 0.261 e. The zero-order valence-electron chi connectivity index (χ0n) is 10.6. The number of benzene rings is 1. The quantitative estimate of drug-likeness (QED) is 0.876. The Kier molecular flexibility index (Phi) is 3.94. The van der Waals surface area contributed by atoms with Gasteiger partial charge in [-0.15, -0.1) is 0 Å². The lowest BCUT2D eigenvalue weighted by Crippen LogP contribution is -2.10. The van der Waals surface area contributed by atoms with Crippen LogP contribution in [-0.2, 0) is 0 Å². The van der Waals surface area contributed by atoms with E-state index >= 15 is 0 Å². The van der Waals surface area contributed by atoms with Crippen molar-refractivity contribution in [2.75, 3.05) is 13.2 Å². The molecule has 2 rings (SSSR count). The first-order chi connectivity index (χ1) is 8.76. The van der Waals surface area contributed by atoms with Crippen LogP contribution in [0, 0.1) is 0 Å². The number of nitrogens with zero attached hydrogens (tertiary/aromatic N) is 2. The molecular formula is C13H17N3O2. The van der Waals surface area contributed by atoms with Crippen LogP contribution in [0.25, 0.3) is 11.5 Å². The fraction of sp³-hybridized carbons (Fsp3) is 0.385. The van der Waals surface area contributed by atoms with Gasteiger partial charge in [-0.1, -0.05) is 24.2 Å². The van der Waals surface area contributed by atoms with Crippen molar-refractivity contribution in [3.63, 3.8) is 0 Å². The summed E-state index contributed by atoms with van der Waals surface area (Å²) in [5.41, 5.74) is 6.39. The summed E-state index contributed by atoms with van der Waals surface area (Å²) in [6.45, 7) is 4.99. The van der Waals surface area contributed by atoms with Gasteiger partial charge in [0.25, 0.3) is 5.89 Å². The van der Waals surface area contributed by atoms with Crippen LogP contribution < -0.4 is 10.5 Å². The van der Waals surface area contributed by atoms with Gasteiger partial charge in [-0.05, 0) is 19.1 Å². The van der Waals surface area contributed by atoms with Crippen LogP contribution in [0.5, 0.6) is 5.75 Å². The van der Waals surface area contributed by atoms with E-state index in [4.69, 9.17) is 15.0 Å². The molecule has 5 heteroatoms. The van der Waals surface area contributed by atoms with E-state index in [1.807, 2.05) is 38.1 Å². The Labute approximate surface area is 106 Å². The molecule has 1 heterocycles. The summed E-state index contributed by atoms with van der Waals surface area (Å²) >= 11 is 0. The van der Waals surface area contributed by atoms with Crippen molar-refractivity contribution in [3.05, 3.63) is 30.1 Å². The van der Waals surface area contributed by atoms with Gasteiger partial charge in [-0.3, -0.25) is 0 Å². The van der Waals surface area contributed by atoms with Crippen LogP contribution in [-0.4, -0.2) is 23.3 Å². The van der Waals surface area contributed by atoms with E-state index in [1.54, 1.807) is 0 Å². The van der Waals surface area contributed by atoms with Gasteiger partial charge < -0.3 is 15.0 Å². The summed E-state index contributed by atoms with van der Waals surface area (Å²) in [5.74, 6) is 1.92. The highest BCUT2D eigenvalue weighted by Crippen LogP contribution is 2.29. The third-order valence-electron chi connectivity index (χ3n) is 2.65. The van der Waals surface area contributed by atoms with Gasteiger partial charge in [0, 0.05) is 12.5 Å². The minimum absolute atomic E-state index is 0.0850. The van der Waals surface area contributed by atoms with Crippen molar-refractivity contribution in [2.24, 2.45) is 5.73 Å². The van der Waals surface area contributed by atoms with Crippen molar-refractivity contribution < 1.29 is 9.26 Å². The summed E-state index contributed by atoms with van der Waals surface area (Å²) in [5, 5.41) is 3.94. The van der Waals surface area contributed by atoms with E-state index in [0.29, 0.717) is 24.9 Å². The molecule has 0 saturated heterocycles. The third-order valence-corrected chi connectivity index (χ3v) is 2.65. The van der Waals surface area contributed by atoms with Crippen LogP contribution >= 0.6 is 0 Å². The number of ether oxygens (including phenoxy) is 1. The number of hydrogen-bond donors (Lipinski definition) is 1. The van der Waals surface area contributed by atoms with Crippen LogP contribution in [0.3, 0.4) is 0 Å². The molecule has 1 aromatic carbocycles. The molecular weight excluding hydrogens is 230 g/mol. The topological polar surface area (TPSA) is 74.2 Å². The molecule has 0 aliphatic heterocycles. The maximum atomic E-state index is 5.58. The lowest BCUT2D eigenvalue weighted by molar-refractivity contribution is 0.339. The van der Waals surface area contributed by atoms with Gasteiger partial charge in [-0.2, -0.15) is 4.98 Å². The maximum absolute atomic E-state index is 5.58. The molecule has 0 spiro atoms. The van der Waals surface area contributed by atoms with Gasteiger partial charge in [0.05, 0.1) is 12.2 Å². The van der Waals surface area contributed by atoms with Crippen LogP contribution in [0.4, 0.5) is 0 Å². The molecule has 2 N–H and O–H groups in total. The second kappa shape index (κ2) is 5.64. The molecule has 0 saturated carbocycles. The van der Waals surface area contributed by atoms with E-state index in [-0.39, 0.29) is 5.92 Å². The Bertz CT molecular complexity index is 510. The average Bonchev–Trinajstić information content (AvgIpc) is 2.88. The van der Waals surface area contributed by atoms with Gasteiger partial charge in [-0.25, -0.2) is 0 Å². The molecule has 0 bridgehead atoms. The Morgan fingerprint density at radius 3 is 2.89 bits per heavy atom. The lowest BCUT2D eigenvalue weighted by Gasteiger charge is -2.05. The third kappa shape index (κ3) is 2.51. The van der Waals surface area contributed by atoms with Crippen LogP contribution in [0.15, 0.2) is 28.8 Å². The molecule has 0 aliphatic rings. The Morgan fingerprint density at radius 2 is 2.17 bits per heavy atom. The standard InChI is InChI=1S/C13H17N3O2/c1-3-17-11-7-5-4-6-10(11)13-15-12(16-18-13)9(2)8-14/h4-7,9H,3,8,14H2,1-2H3. The number of nitrogens with two attached hydrogens (primary N) is 1. The first-order valence-corrected chi connectivity index (χ1v) is 6.02. The molecule has 1 unspecified atom stereocenters. The molecule has 5 nitrogen and oxygen atoms in total. The molecule has 0 fully saturated rings. The summed E-state index contributed by atoms with van der Waals surface area (Å²) in [6.07, 6.45) is 0. The minimum atomic E-state index is 0.0850. The summed E-state index contributed by atoms with van der Waals surface area (Å²) < 4.78 is 10.8. The van der Waals surface area contributed by atoms with Crippen molar-refractivity contribution in [3.8, 4) is 17.2 Å². The highest BCUT2D eigenvalue weighted by atomic mass is 16.5. The second-order valence-electron chi connectivity index (χ2n) is 4.02. The summed E-state index contributed by atoms with van der Waals surface area (Å²) in [6, 6.07) is 7.60. The largest absolute Gasteiger partial charge is 0.493 e. The Balaban J connectivity index is 2.33. The van der Waals surface area contributed by atoms with E-state index in [2.05, 4.69) is 10.1 Å². The second-order valence-corrected chi connectivity index (χ2v) is 4.02. The molecule has 0 aliphatic carbocycles. The van der Waals surface area contributed by atoms with E-state index in [1.165, 1.54) is 0 Å². The lowest BCUT2D eigenvalue weighted by atomic mass is 10.1. The van der Waals surface area contributed by atoms with Crippen molar-refractivity contribution >= 4 is 0 Å². The number of rotatable bonds is 5. The molecule has 0 radical (unpaired) electrons. The fourth-order valence-corrected chi connectivity index (χ4v) is 1.57. The average molecular weight is 247 g/mol. The first kappa shape index (κ1) is 12.6. The Hall–Kier alpha value is -1.88. The number of hydrogen-bond acceptors (Lipinski definition) is 5. The molecule has 1 aromatic heterocycles. The van der Waals surface area contributed by atoms with E-state index in [9.17, 15) is 0 Å². The van der Waals surface area contributed by atoms with Gasteiger partial charge >= 0.3 is 0 Å². The van der Waals surface area contributed by atoms with Crippen molar-refractivity contribution in [2.45, 2.75) is 19.8 Å². The molecule has 18 heavy (non-hydrogen) atoms. The molecule has 2 aromatic rings. The van der Waals surface area contributed by atoms with Gasteiger partial charge in [0.1, 0.15) is 5.75 Å². The number of para-hydroxylation sites is 1. The van der Waals surface area contributed by atoms with Crippen molar-refractivity contribution in [1.29, 1.82) is 0 Å². The SMILES string of the molecule is CCOc1ccccc1-c1nc(C(C)CN)no1. The van der Waals surface area contributed by atoms with Crippen LogP contribution in [0.1, 0.15) is 25.6 Å². The van der Waals surface area contributed by atoms with Gasteiger partial charge in [0.15, 0.2) is 5.82 Å².